The Labute approximate surface area is 112 Å². The lowest BCUT2D eigenvalue weighted by molar-refractivity contribution is 0.0760. The van der Waals surface area contributed by atoms with Crippen LogP contribution in [-0.4, -0.2) is 42.2 Å². The summed E-state index contributed by atoms with van der Waals surface area (Å²) in [6, 6.07) is 3.20. The summed E-state index contributed by atoms with van der Waals surface area (Å²) < 4.78 is 31.6. The third-order valence-corrected chi connectivity index (χ3v) is 5.17. The first-order chi connectivity index (χ1) is 8.83. The molecular weight excluding hydrogens is 268 g/mol. The van der Waals surface area contributed by atoms with E-state index >= 15 is 0 Å². The Morgan fingerprint density at radius 3 is 2.53 bits per heavy atom. The molecule has 7 heteroatoms. The van der Waals surface area contributed by atoms with Gasteiger partial charge in [-0.05, 0) is 19.9 Å². The van der Waals surface area contributed by atoms with Crippen molar-refractivity contribution < 1.29 is 13.2 Å². The smallest absolute Gasteiger partial charge is 0.254 e. The highest BCUT2D eigenvalue weighted by atomic mass is 32.2. The van der Waals surface area contributed by atoms with Crippen LogP contribution >= 0.6 is 0 Å². The lowest BCUT2D eigenvalue weighted by Crippen LogP contribution is -2.56. The fourth-order valence-corrected chi connectivity index (χ4v) is 3.03. The minimum Gasteiger partial charge on any atom is -0.487 e. The van der Waals surface area contributed by atoms with Crippen molar-refractivity contribution in [1.29, 1.82) is 0 Å². The fourth-order valence-electron chi connectivity index (χ4n) is 1.88. The number of aromatic nitrogens is 1. The standard InChI is InChI=1S/C12H18N2O4S/c1-4-19(16,17)14-7-11(8-14)18-10-5-9(2)13(3)12(15)6-10/h5-6,11H,4,7-8H2,1-3H3. The first kappa shape index (κ1) is 14.1. The van der Waals surface area contributed by atoms with Crippen LogP contribution in [0.3, 0.4) is 0 Å². The molecule has 0 N–H and O–H groups in total. The molecule has 19 heavy (non-hydrogen) atoms. The van der Waals surface area contributed by atoms with Gasteiger partial charge in [0.25, 0.3) is 5.56 Å². The first-order valence-electron chi connectivity index (χ1n) is 6.15. The van der Waals surface area contributed by atoms with E-state index in [4.69, 9.17) is 4.74 Å². The van der Waals surface area contributed by atoms with Gasteiger partial charge in [0.15, 0.2) is 0 Å². The van der Waals surface area contributed by atoms with Gasteiger partial charge >= 0.3 is 0 Å². The molecule has 0 aromatic carbocycles. The fraction of sp³-hybridized carbons (Fsp3) is 0.583. The highest BCUT2D eigenvalue weighted by Crippen LogP contribution is 2.20. The molecule has 1 aliphatic heterocycles. The molecule has 0 amide bonds. The lowest BCUT2D eigenvalue weighted by Gasteiger charge is -2.37. The van der Waals surface area contributed by atoms with Crippen molar-refractivity contribution in [1.82, 2.24) is 8.87 Å². The monoisotopic (exact) mass is 286 g/mol. The SMILES string of the molecule is CCS(=O)(=O)N1CC(Oc2cc(C)n(C)c(=O)c2)C1. The predicted molar refractivity (Wildman–Crippen MR) is 71.9 cm³/mol. The molecule has 0 saturated carbocycles. The molecule has 2 rings (SSSR count). The van der Waals surface area contributed by atoms with Gasteiger partial charge in [-0.3, -0.25) is 4.79 Å². The third-order valence-electron chi connectivity index (χ3n) is 3.35. The molecule has 0 radical (unpaired) electrons. The maximum Gasteiger partial charge on any atom is 0.254 e. The number of hydrogen-bond donors (Lipinski definition) is 0. The predicted octanol–water partition coefficient (Wildman–Crippen LogP) is 0.106. The van der Waals surface area contributed by atoms with E-state index < -0.39 is 10.0 Å². The van der Waals surface area contributed by atoms with Crippen molar-refractivity contribution >= 4 is 10.0 Å². The Hall–Kier alpha value is -1.34. The van der Waals surface area contributed by atoms with Crippen molar-refractivity contribution in [3.8, 4) is 5.75 Å². The summed E-state index contributed by atoms with van der Waals surface area (Å²) in [6.45, 7) is 4.14. The molecule has 0 spiro atoms. The van der Waals surface area contributed by atoms with E-state index in [0.717, 1.165) is 5.69 Å². The van der Waals surface area contributed by atoms with Gasteiger partial charge in [0.05, 0.1) is 18.8 Å². The van der Waals surface area contributed by atoms with Crippen LogP contribution in [0, 0.1) is 6.92 Å². The summed E-state index contributed by atoms with van der Waals surface area (Å²) in [4.78, 5) is 11.6. The van der Waals surface area contributed by atoms with Gasteiger partial charge in [-0.1, -0.05) is 0 Å². The summed E-state index contributed by atoms with van der Waals surface area (Å²) >= 11 is 0. The summed E-state index contributed by atoms with van der Waals surface area (Å²) in [5, 5.41) is 0. The third kappa shape index (κ3) is 2.82. The second kappa shape index (κ2) is 4.97. The molecule has 106 valence electrons. The lowest BCUT2D eigenvalue weighted by atomic mass is 10.2. The topological polar surface area (TPSA) is 68.6 Å². The van der Waals surface area contributed by atoms with Crippen molar-refractivity contribution in [2.24, 2.45) is 7.05 Å². The van der Waals surface area contributed by atoms with Crippen LogP contribution < -0.4 is 10.3 Å². The normalized spacial score (nSPS) is 17.2. The van der Waals surface area contributed by atoms with Crippen molar-refractivity contribution in [3.63, 3.8) is 0 Å². The quantitative estimate of drug-likeness (QED) is 0.787. The Kier molecular flexibility index (Phi) is 3.69. The van der Waals surface area contributed by atoms with E-state index in [2.05, 4.69) is 0 Å². The minimum atomic E-state index is -3.12. The van der Waals surface area contributed by atoms with Gasteiger partial charge in [-0.2, -0.15) is 4.31 Å². The number of hydrogen-bond acceptors (Lipinski definition) is 4. The van der Waals surface area contributed by atoms with Gasteiger partial charge in [0, 0.05) is 18.8 Å². The number of nitrogens with zero attached hydrogens (tertiary/aromatic N) is 2. The van der Waals surface area contributed by atoms with Crippen LogP contribution in [0.4, 0.5) is 0 Å². The number of ether oxygens (including phenoxy) is 1. The average molecular weight is 286 g/mol. The molecule has 1 aromatic rings. The zero-order valence-electron chi connectivity index (χ0n) is 11.3. The highest BCUT2D eigenvalue weighted by Gasteiger charge is 2.36. The van der Waals surface area contributed by atoms with Crippen molar-refractivity contribution in [2.75, 3.05) is 18.8 Å². The van der Waals surface area contributed by atoms with Crippen LogP contribution in [0.1, 0.15) is 12.6 Å². The molecule has 1 aliphatic rings. The molecule has 0 aliphatic carbocycles. The molecule has 0 bridgehead atoms. The van der Waals surface area contributed by atoms with Gasteiger partial charge in [-0.15, -0.1) is 0 Å². The number of sulfonamides is 1. The van der Waals surface area contributed by atoms with Gasteiger partial charge < -0.3 is 9.30 Å². The van der Waals surface area contributed by atoms with Crippen LogP contribution in [0.25, 0.3) is 0 Å². The van der Waals surface area contributed by atoms with Crippen LogP contribution in [0.2, 0.25) is 0 Å². The van der Waals surface area contributed by atoms with Crippen LogP contribution in [0.15, 0.2) is 16.9 Å². The van der Waals surface area contributed by atoms with Gasteiger partial charge in [0.2, 0.25) is 10.0 Å². The second-order valence-electron chi connectivity index (χ2n) is 4.69. The summed E-state index contributed by atoms with van der Waals surface area (Å²) in [5.41, 5.74) is 0.673. The molecule has 0 atom stereocenters. The Morgan fingerprint density at radius 1 is 1.37 bits per heavy atom. The zero-order valence-corrected chi connectivity index (χ0v) is 12.1. The largest absolute Gasteiger partial charge is 0.487 e. The Bertz CT molecular complexity index is 630. The molecule has 6 nitrogen and oxygen atoms in total. The van der Waals surface area contributed by atoms with E-state index in [0.29, 0.717) is 18.8 Å². The average Bonchev–Trinajstić information content (AvgIpc) is 2.29. The van der Waals surface area contributed by atoms with Gasteiger partial charge in [0.1, 0.15) is 11.9 Å². The molecule has 1 saturated heterocycles. The van der Waals surface area contributed by atoms with E-state index in [-0.39, 0.29) is 17.4 Å². The van der Waals surface area contributed by atoms with Crippen molar-refractivity contribution in [2.45, 2.75) is 20.0 Å². The Morgan fingerprint density at radius 2 is 2.00 bits per heavy atom. The molecule has 0 unspecified atom stereocenters. The maximum absolute atomic E-state index is 11.6. The molecular formula is C12H18N2O4S. The van der Waals surface area contributed by atoms with Crippen molar-refractivity contribution in [3.05, 3.63) is 28.2 Å². The van der Waals surface area contributed by atoms with E-state index in [1.165, 1.54) is 14.9 Å². The summed E-state index contributed by atoms with van der Waals surface area (Å²) in [7, 11) is -1.43. The molecule has 2 heterocycles. The maximum atomic E-state index is 11.6. The highest BCUT2D eigenvalue weighted by molar-refractivity contribution is 7.89. The van der Waals surface area contributed by atoms with Gasteiger partial charge in [-0.25, -0.2) is 8.42 Å². The summed E-state index contributed by atoms with van der Waals surface area (Å²) in [5.74, 6) is 0.601. The van der Waals surface area contributed by atoms with E-state index in [1.54, 1.807) is 20.0 Å². The number of aryl methyl sites for hydroxylation is 1. The number of pyridine rings is 1. The first-order valence-corrected chi connectivity index (χ1v) is 7.76. The van der Waals surface area contributed by atoms with E-state index in [9.17, 15) is 13.2 Å². The molecule has 1 fully saturated rings. The summed E-state index contributed by atoms with van der Waals surface area (Å²) in [6.07, 6.45) is -0.173. The number of rotatable bonds is 4. The second-order valence-corrected chi connectivity index (χ2v) is 6.94. The van der Waals surface area contributed by atoms with Crippen LogP contribution in [-0.2, 0) is 17.1 Å². The minimum absolute atomic E-state index is 0.102. The van der Waals surface area contributed by atoms with E-state index in [1.807, 2.05) is 6.92 Å². The zero-order chi connectivity index (χ0) is 14.2. The van der Waals surface area contributed by atoms with Crippen LogP contribution in [0.5, 0.6) is 5.75 Å². The molecule has 1 aromatic heterocycles. The Balaban J connectivity index is 2.01.